The SMILES string of the molecule is CC1C(=O)N(CCCN2CCCC2CO)CCN1C(=O)OC(C)(C)C. The van der Waals surface area contributed by atoms with Crippen molar-refractivity contribution >= 4 is 12.0 Å². The van der Waals surface area contributed by atoms with Crippen molar-refractivity contribution in [3.8, 4) is 0 Å². The molecule has 0 bridgehead atoms. The molecule has 2 atom stereocenters. The second-order valence-corrected chi connectivity index (χ2v) is 8.04. The zero-order chi connectivity index (χ0) is 18.6. The average Bonchev–Trinajstić information content (AvgIpc) is 2.97. The Morgan fingerprint density at radius 1 is 1.24 bits per heavy atom. The first-order valence-electron chi connectivity index (χ1n) is 9.36. The molecule has 0 aromatic carbocycles. The third-order valence-electron chi connectivity index (χ3n) is 4.96. The first-order chi connectivity index (χ1) is 11.7. The van der Waals surface area contributed by atoms with Crippen molar-refractivity contribution in [1.82, 2.24) is 14.7 Å². The molecule has 0 spiro atoms. The summed E-state index contributed by atoms with van der Waals surface area (Å²) in [4.78, 5) is 30.5. The fourth-order valence-corrected chi connectivity index (χ4v) is 3.58. The van der Waals surface area contributed by atoms with E-state index in [1.807, 2.05) is 25.7 Å². The minimum Gasteiger partial charge on any atom is -0.444 e. The molecule has 2 aliphatic rings. The monoisotopic (exact) mass is 355 g/mol. The van der Waals surface area contributed by atoms with Gasteiger partial charge in [-0.25, -0.2) is 4.79 Å². The summed E-state index contributed by atoms with van der Waals surface area (Å²) in [6, 6.07) is -0.209. The Bertz CT molecular complexity index is 477. The van der Waals surface area contributed by atoms with Gasteiger partial charge in [0.05, 0.1) is 6.61 Å². The first kappa shape index (κ1) is 20.0. The van der Waals surface area contributed by atoms with E-state index >= 15 is 0 Å². The van der Waals surface area contributed by atoms with E-state index in [1.54, 1.807) is 6.92 Å². The van der Waals surface area contributed by atoms with Crippen molar-refractivity contribution in [2.45, 2.75) is 64.6 Å². The molecule has 2 heterocycles. The van der Waals surface area contributed by atoms with Gasteiger partial charge in [0.1, 0.15) is 11.6 Å². The molecular formula is C18H33N3O4. The van der Waals surface area contributed by atoms with Crippen molar-refractivity contribution in [1.29, 1.82) is 0 Å². The molecule has 2 fully saturated rings. The number of nitrogens with zero attached hydrogens (tertiary/aromatic N) is 3. The van der Waals surface area contributed by atoms with Crippen molar-refractivity contribution < 1.29 is 19.4 Å². The second kappa shape index (κ2) is 8.36. The summed E-state index contributed by atoms with van der Waals surface area (Å²) in [5.74, 6) is -0.0164. The number of likely N-dealkylation sites (tertiary alicyclic amines) is 1. The van der Waals surface area contributed by atoms with E-state index in [9.17, 15) is 14.7 Å². The van der Waals surface area contributed by atoms with E-state index in [0.29, 0.717) is 19.6 Å². The topological polar surface area (TPSA) is 73.3 Å². The first-order valence-corrected chi connectivity index (χ1v) is 9.36. The third kappa shape index (κ3) is 5.31. The number of amides is 2. The maximum atomic E-state index is 12.6. The van der Waals surface area contributed by atoms with Crippen LogP contribution in [0, 0.1) is 0 Å². The van der Waals surface area contributed by atoms with Crippen molar-refractivity contribution in [2.75, 3.05) is 39.3 Å². The molecule has 0 radical (unpaired) electrons. The molecule has 2 aliphatic heterocycles. The van der Waals surface area contributed by atoms with E-state index in [4.69, 9.17) is 4.74 Å². The van der Waals surface area contributed by atoms with E-state index in [2.05, 4.69) is 4.90 Å². The summed E-state index contributed by atoms with van der Waals surface area (Å²) >= 11 is 0. The zero-order valence-electron chi connectivity index (χ0n) is 16.0. The summed E-state index contributed by atoms with van der Waals surface area (Å²) in [6.07, 6.45) is 2.66. The third-order valence-corrected chi connectivity index (χ3v) is 4.96. The van der Waals surface area contributed by atoms with Gasteiger partial charge in [-0.1, -0.05) is 0 Å². The van der Waals surface area contributed by atoms with Gasteiger partial charge >= 0.3 is 6.09 Å². The smallest absolute Gasteiger partial charge is 0.411 e. The van der Waals surface area contributed by atoms with Crippen LogP contribution >= 0.6 is 0 Å². The number of hydrogen-bond donors (Lipinski definition) is 1. The van der Waals surface area contributed by atoms with Gasteiger partial charge in [-0.2, -0.15) is 0 Å². The van der Waals surface area contributed by atoms with Crippen LogP contribution in [-0.4, -0.2) is 88.8 Å². The predicted molar refractivity (Wildman–Crippen MR) is 95.3 cm³/mol. The predicted octanol–water partition coefficient (Wildman–Crippen LogP) is 1.30. The van der Waals surface area contributed by atoms with E-state index < -0.39 is 17.7 Å². The summed E-state index contributed by atoms with van der Waals surface area (Å²) in [5, 5.41) is 9.37. The lowest BCUT2D eigenvalue weighted by molar-refractivity contribution is -0.140. The summed E-state index contributed by atoms with van der Waals surface area (Å²) < 4.78 is 5.39. The Morgan fingerprint density at radius 2 is 1.96 bits per heavy atom. The number of aliphatic hydroxyl groups excluding tert-OH is 1. The molecule has 0 aromatic rings. The highest BCUT2D eigenvalue weighted by Crippen LogP contribution is 2.19. The van der Waals surface area contributed by atoms with Crippen LogP contribution in [0.5, 0.6) is 0 Å². The average molecular weight is 355 g/mol. The number of aliphatic hydroxyl groups is 1. The van der Waals surface area contributed by atoms with Gasteiger partial charge < -0.3 is 14.7 Å². The molecular weight excluding hydrogens is 322 g/mol. The molecule has 2 rings (SSSR count). The Labute approximate surface area is 150 Å². The van der Waals surface area contributed by atoms with Gasteiger partial charge in [0, 0.05) is 32.2 Å². The number of piperazine rings is 1. The van der Waals surface area contributed by atoms with Crippen LogP contribution < -0.4 is 0 Å². The molecule has 144 valence electrons. The number of hydrogen-bond acceptors (Lipinski definition) is 5. The Morgan fingerprint density at radius 3 is 2.60 bits per heavy atom. The Balaban J connectivity index is 1.80. The summed E-state index contributed by atoms with van der Waals surface area (Å²) in [6.45, 7) is 11.1. The quantitative estimate of drug-likeness (QED) is 0.805. The Kier molecular flexibility index (Phi) is 6.68. The molecule has 25 heavy (non-hydrogen) atoms. The van der Waals surface area contributed by atoms with Crippen molar-refractivity contribution in [3.05, 3.63) is 0 Å². The van der Waals surface area contributed by atoms with Gasteiger partial charge in [0.2, 0.25) is 5.91 Å². The second-order valence-electron chi connectivity index (χ2n) is 8.04. The van der Waals surface area contributed by atoms with Crippen LogP contribution in [-0.2, 0) is 9.53 Å². The van der Waals surface area contributed by atoms with Crippen LogP contribution in [0.2, 0.25) is 0 Å². The maximum Gasteiger partial charge on any atom is 0.411 e. The van der Waals surface area contributed by atoms with Crippen LogP contribution in [0.25, 0.3) is 0 Å². The van der Waals surface area contributed by atoms with Crippen LogP contribution in [0.15, 0.2) is 0 Å². The van der Waals surface area contributed by atoms with Crippen molar-refractivity contribution in [3.63, 3.8) is 0 Å². The molecule has 7 heteroatoms. The molecule has 0 aliphatic carbocycles. The van der Waals surface area contributed by atoms with Gasteiger partial charge in [-0.05, 0) is 53.5 Å². The number of carbonyl (C=O) groups excluding carboxylic acids is 2. The van der Waals surface area contributed by atoms with Crippen LogP contribution in [0.1, 0.15) is 47.0 Å². The van der Waals surface area contributed by atoms with E-state index in [-0.39, 0.29) is 18.6 Å². The number of ether oxygens (including phenoxy) is 1. The van der Waals surface area contributed by atoms with Gasteiger partial charge in [0.15, 0.2) is 0 Å². The molecule has 2 saturated heterocycles. The largest absolute Gasteiger partial charge is 0.444 e. The minimum absolute atomic E-state index is 0.0164. The molecule has 0 aromatic heterocycles. The highest BCUT2D eigenvalue weighted by molar-refractivity contribution is 5.86. The molecule has 1 N–H and O–H groups in total. The summed E-state index contributed by atoms with van der Waals surface area (Å²) in [7, 11) is 0. The molecule has 0 saturated carbocycles. The minimum atomic E-state index is -0.560. The van der Waals surface area contributed by atoms with Gasteiger partial charge in [-0.3, -0.25) is 14.6 Å². The fourth-order valence-electron chi connectivity index (χ4n) is 3.58. The lowest BCUT2D eigenvalue weighted by Gasteiger charge is -2.39. The summed E-state index contributed by atoms with van der Waals surface area (Å²) in [5.41, 5.74) is -0.560. The molecule has 2 unspecified atom stereocenters. The highest BCUT2D eigenvalue weighted by Gasteiger charge is 2.36. The highest BCUT2D eigenvalue weighted by atomic mass is 16.6. The Hall–Kier alpha value is -1.34. The van der Waals surface area contributed by atoms with Crippen LogP contribution in [0.3, 0.4) is 0 Å². The molecule has 7 nitrogen and oxygen atoms in total. The molecule has 2 amide bonds. The number of carbonyl (C=O) groups is 2. The van der Waals surface area contributed by atoms with Crippen molar-refractivity contribution in [2.24, 2.45) is 0 Å². The van der Waals surface area contributed by atoms with E-state index in [1.165, 1.54) is 4.90 Å². The lowest BCUT2D eigenvalue weighted by atomic mass is 10.1. The van der Waals surface area contributed by atoms with Gasteiger partial charge in [-0.15, -0.1) is 0 Å². The standard InChI is InChI=1S/C18H33N3O4/c1-14-16(23)20(10-6-9-19-8-5-7-15(19)13-22)11-12-21(14)17(24)25-18(2,3)4/h14-15,22H,5-13H2,1-4H3. The maximum absolute atomic E-state index is 12.6. The fraction of sp³-hybridized carbons (Fsp3) is 0.889. The van der Waals surface area contributed by atoms with E-state index in [0.717, 1.165) is 32.4 Å². The number of rotatable bonds is 5. The normalized spacial score (nSPS) is 25.6. The van der Waals surface area contributed by atoms with Crippen LogP contribution in [0.4, 0.5) is 4.79 Å². The van der Waals surface area contributed by atoms with Gasteiger partial charge in [0.25, 0.3) is 0 Å². The lowest BCUT2D eigenvalue weighted by Crippen LogP contribution is -2.58. The zero-order valence-corrected chi connectivity index (χ0v) is 16.0.